The lowest BCUT2D eigenvalue weighted by Gasteiger charge is -2.09. The van der Waals surface area contributed by atoms with E-state index in [1.54, 1.807) is 38.1 Å². The van der Waals surface area contributed by atoms with Gasteiger partial charge in [0, 0.05) is 22.0 Å². The van der Waals surface area contributed by atoms with Gasteiger partial charge in [-0.25, -0.2) is 13.2 Å². The molecule has 24 heavy (non-hydrogen) atoms. The Kier molecular flexibility index (Phi) is 5.40. The number of benzene rings is 1. The van der Waals surface area contributed by atoms with Crippen LogP contribution in [0.2, 0.25) is 5.02 Å². The zero-order valence-electron chi connectivity index (χ0n) is 13.3. The van der Waals surface area contributed by atoms with Gasteiger partial charge in [-0.1, -0.05) is 11.6 Å². The number of H-pyrrole nitrogens is 1. The summed E-state index contributed by atoms with van der Waals surface area (Å²) < 4.78 is 37.4. The first-order valence-electron chi connectivity index (χ1n) is 7.06. The van der Waals surface area contributed by atoms with Crippen molar-refractivity contribution in [1.82, 2.24) is 4.98 Å². The molecule has 1 aromatic heterocycles. The molecule has 0 saturated heterocycles. The molecule has 0 saturated carbocycles. The monoisotopic (exact) mass is 372 g/mol. The van der Waals surface area contributed by atoms with Gasteiger partial charge in [0.15, 0.2) is 0 Å². The van der Waals surface area contributed by atoms with Gasteiger partial charge in [-0.3, -0.25) is 4.72 Å². The van der Waals surface area contributed by atoms with E-state index in [2.05, 4.69) is 14.4 Å². The number of aromatic amines is 1. The molecule has 0 spiro atoms. The summed E-state index contributed by atoms with van der Waals surface area (Å²) in [5.41, 5.74) is 0.988. The Morgan fingerprint density at radius 2 is 1.88 bits per heavy atom. The third-order valence-electron chi connectivity index (χ3n) is 3.14. The third-order valence-corrected chi connectivity index (χ3v) is 5.04. The Bertz CT molecular complexity index is 843. The minimum absolute atomic E-state index is 0.0109. The molecule has 7 nitrogen and oxygen atoms in total. The van der Waals surface area contributed by atoms with Crippen molar-refractivity contribution in [2.45, 2.75) is 25.7 Å². The third kappa shape index (κ3) is 4.01. The number of hydrogen-bond donors (Lipinski definition) is 2. The van der Waals surface area contributed by atoms with E-state index >= 15 is 0 Å². The molecule has 0 bridgehead atoms. The summed E-state index contributed by atoms with van der Waals surface area (Å²) in [6.07, 6.45) is -0.906. The van der Waals surface area contributed by atoms with Crippen LogP contribution in [0.3, 0.4) is 0 Å². The highest BCUT2D eigenvalue weighted by Crippen LogP contribution is 2.30. The Labute approximate surface area is 145 Å². The molecule has 1 heterocycles. The normalized spacial score (nSPS) is 11.2. The van der Waals surface area contributed by atoms with Crippen LogP contribution in [0.25, 0.3) is 0 Å². The van der Waals surface area contributed by atoms with Gasteiger partial charge >= 0.3 is 6.16 Å². The summed E-state index contributed by atoms with van der Waals surface area (Å²) in [5.74, 6) is 0.0300. The number of carbonyl (C=O) groups is 1. The SMILES string of the molecule is CCOC(=O)Oc1[nH]c(C)c(S(=O)(=O)Nc2ccc(Cl)cc2)c1C. The highest BCUT2D eigenvalue weighted by molar-refractivity contribution is 7.92. The molecule has 0 radical (unpaired) electrons. The van der Waals surface area contributed by atoms with Gasteiger partial charge in [-0.05, 0) is 45.0 Å². The zero-order chi connectivity index (χ0) is 17.9. The quantitative estimate of drug-likeness (QED) is 0.781. The molecule has 1 aromatic carbocycles. The van der Waals surface area contributed by atoms with Gasteiger partial charge in [-0.2, -0.15) is 0 Å². The van der Waals surface area contributed by atoms with Crippen LogP contribution >= 0.6 is 11.6 Å². The molecular formula is C15H17ClN2O5S. The van der Waals surface area contributed by atoms with Crippen LogP contribution in [0, 0.1) is 13.8 Å². The topological polar surface area (TPSA) is 97.5 Å². The van der Waals surface area contributed by atoms with E-state index in [1.165, 1.54) is 6.92 Å². The predicted octanol–water partition coefficient (Wildman–Crippen LogP) is 3.62. The molecular weight excluding hydrogens is 356 g/mol. The number of hydrogen-bond acceptors (Lipinski definition) is 5. The van der Waals surface area contributed by atoms with Gasteiger partial charge in [0.25, 0.3) is 10.0 Å². The summed E-state index contributed by atoms with van der Waals surface area (Å²) >= 11 is 5.79. The Balaban J connectivity index is 2.31. The van der Waals surface area contributed by atoms with Gasteiger partial charge in [0.1, 0.15) is 4.90 Å². The summed E-state index contributed by atoms with van der Waals surface area (Å²) in [7, 11) is -3.87. The first-order valence-corrected chi connectivity index (χ1v) is 8.93. The van der Waals surface area contributed by atoms with E-state index in [-0.39, 0.29) is 22.9 Å². The Hall–Kier alpha value is -2.19. The maximum atomic E-state index is 12.6. The number of sulfonamides is 1. The standard InChI is InChI=1S/C15H17ClN2O5S/c1-4-22-15(19)23-14-9(2)13(10(3)17-14)24(20,21)18-12-7-5-11(16)6-8-12/h5-8,17-18H,4H2,1-3H3. The van der Waals surface area contributed by atoms with E-state index in [0.717, 1.165) is 0 Å². The lowest BCUT2D eigenvalue weighted by molar-refractivity contribution is 0.102. The van der Waals surface area contributed by atoms with E-state index in [1.807, 2.05) is 0 Å². The predicted molar refractivity (Wildman–Crippen MR) is 90.2 cm³/mol. The van der Waals surface area contributed by atoms with Crippen molar-refractivity contribution in [2.24, 2.45) is 0 Å². The van der Waals surface area contributed by atoms with Crippen molar-refractivity contribution >= 4 is 33.5 Å². The molecule has 9 heteroatoms. The molecule has 0 aliphatic carbocycles. The van der Waals surface area contributed by atoms with Crippen molar-refractivity contribution in [1.29, 1.82) is 0 Å². The number of nitrogens with one attached hydrogen (secondary N) is 2. The number of rotatable bonds is 5. The highest BCUT2D eigenvalue weighted by Gasteiger charge is 2.26. The smallest absolute Gasteiger partial charge is 0.434 e. The minimum Gasteiger partial charge on any atom is -0.434 e. The average Bonchev–Trinajstić information content (AvgIpc) is 2.76. The number of anilines is 1. The number of carbonyl (C=O) groups excluding carboxylic acids is 1. The summed E-state index contributed by atoms with van der Waals surface area (Å²) in [6.45, 7) is 4.90. The molecule has 2 N–H and O–H groups in total. The van der Waals surface area contributed by atoms with Gasteiger partial charge in [0.05, 0.1) is 6.61 Å². The maximum absolute atomic E-state index is 12.6. The van der Waals surface area contributed by atoms with E-state index in [4.69, 9.17) is 16.3 Å². The molecule has 0 aliphatic heterocycles. The number of halogens is 1. The fourth-order valence-electron chi connectivity index (χ4n) is 2.17. The van der Waals surface area contributed by atoms with Crippen LogP contribution in [-0.2, 0) is 14.8 Å². The minimum atomic E-state index is -3.87. The summed E-state index contributed by atoms with van der Waals surface area (Å²) in [4.78, 5) is 14.2. The van der Waals surface area contributed by atoms with Crippen LogP contribution in [0.5, 0.6) is 5.88 Å². The average molecular weight is 373 g/mol. The molecule has 130 valence electrons. The zero-order valence-corrected chi connectivity index (χ0v) is 14.9. The molecule has 0 amide bonds. The lowest BCUT2D eigenvalue weighted by atomic mass is 10.3. The van der Waals surface area contributed by atoms with E-state index < -0.39 is 16.2 Å². The van der Waals surface area contributed by atoms with Gasteiger partial charge in [-0.15, -0.1) is 0 Å². The van der Waals surface area contributed by atoms with Crippen LogP contribution in [0.1, 0.15) is 18.2 Å². The van der Waals surface area contributed by atoms with Crippen molar-refractivity contribution in [3.05, 3.63) is 40.5 Å². The highest BCUT2D eigenvalue weighted by atomic mass is 35.5. The number of aromatic nitrogens is 1. The summed E-state index contributed by atoms with van der Waals surface area (Å²) in [6, 6.07) is 6.25. The molecule has 0 aliphatic rings. The van der Waals surface area contributed by atoms with Crippen molar-refractivity contribution in [3.63, 3.8) is 0 Å². The van der Waals surface area contributed by atoms with Gasteiger partial charge < -0.3 is 14.5 Å². The number of aryl methyl sites for hydroxylation is 1. The lowest BCUT2D eigenvalue weighted by Crippen LogP contribution is -2.14. The van der Waals surface area contributed by atoms with Crippen LogP contribution in [-0.4, -0.2) is 26.2 Å². The van der Waals surface area contributed by atoms with Crippen molar-refractivity contribution in [3.8, 4) is 5.88 Å². The van der Waals surface area contributed by atoms with Gasteiger partial charge in [0.2, 0.25) is 5.88 Å². The van der Waals surface area contributed by atoms with Crippen LogP contribution in [0.15, 0.2) is 29.2 Å². The van der Waals surface area contributed by atoms with Crippen molar-refractivity contribution < 1.29 is 22.7 Å². The fourth-order valence-corrected chi connectivity index (χ4v) is 3.79. The molecule has 0 unspecified atom stereocenters. The molecule has 2 rings (SSSR count). The maximum Gasteiger partial charge on any atom is 0.515 e. The summed E-state index contributed by atoms with van der Waals surface area (Å²) in [5, 5.41) is 0.497. The fraction of sp³-hybridized carbons (Fsp3) is 0.267. The van der Waals surface area contributed by atoms with E-state index in [9.17, 15) is 13.2 Å². The first kappa shape index (κ1) is 18.2. The molecule has 2 aromatic rings. The molecule has 0 fully saturated rings. The largest absolute Gasteiger partial charge is 0.515 e. The van der Waals surface area contributed by atoms with Crippen LogP contribution < -0.4 is 9.46 Å². The first-order chi connectivity index (χ1) is 11.2. The van der Waals surface area contributed by atoms with E-state index in [0.29, 0.717) is 16.4 Å². The molecule has 0 atom stereocenters. The second-order valence-corrected chi connectivity index (χ2v) is 6.99. The Morgan fingerprint density at radius 3 is 2.46 bits per heavy atom. The Morgan fingerprint density at radius 1 is 1.25 bits per heavy atom. The van der Waals surface area contributed by atoms with Crippen molar-refractivity contribution in [2.75, 3.05) is 11.3 Å². The second-order valence-electron chi connectivity index (χ2n) is 4.93. The van der Waals surface area contributed by atoms with Crippen LogP contribution in [0.4, 0.5) is 10.5 Å². The number of ether oxygens (including phenoxy) is 2. The second kappa shape index (κ2) is 7.14.